The third kappa shape index (κ3) is 9.32. The van der Waals surface area contributed by atoms with Crippen molar-refractivity contribution in [3.05, 3.63) is 70.8 Å². The minimum Gasteiger partial charge on any atom is -0.736 e. The van der Waals surface area contributed by atoms with Crippen molar-refractivity contribution in [1.29, 1.82) is 0 Å². The standard InChI is InChI=1S/C36H39O14P.Na/c1-41-25-15-13-23(11-9-21-17-27(43-3)33(47-7)28(18-21)44-4)31(37)35(25)49-51(39,40)50-36-26(42-2)16-14-24(32(36)38)12-10-22-19-29(45-5)34(48-8)30(20-22)46-6;/h9-20,37-38H,1-8H3,(H,39,40);/q;+1/p-1/b11-9-,12-10-;. The number of phosphoric ester groups is 1. The zero-order valence-electron chi connectivity index (χ0n) is 30.2. The number of phenols is 2. The van der Waals surface area contributed by atoms with Gasteiger partial charge in [-0.3, -0.25) is 0 Å². The van der Waals surface area contributed by atoms with E-state index in [2.05, 4.69) is 0 Å². The van der Waals surface area contributed by atoms with E-state index in [-0.39, 0.29) is 52.2 Å². The number of benzene rings is 4. The zero-order chi connectivity index (χ0) is 37.3. The minimum absolute atomic E-state index is 0. The summed E-state index contributed by atoms with van der Waals surface area (Å²) in [4.78, 5) is 13.3. The number of ether oxygens (including phenoxy) is 8. The van der Waals surface area contributed by atoms with Crippen molar-refractivity contribution in [1.82, 2.24) is 0 Å². The van der Waals surface area contributed by atoms with Gasteiger partial charge in [-0.1, -0.05) is 24.3 Å². The number of methoxy groups -OCH3 is 8. The maximum absolute atomic E-state index is 13.3. The van der Waals surface area contributed by atoms with Gasteiger partial charge >= 0.3 is 37.4 Å². The third-order valence-electron chi connectivity index (χ3n) is 7.38. The summed E-state index contributed by atoms with van der Waals surface area (Å²) in [5, 5.41) is 22.3. The van der Waals surface area contributed by atoms with Crippen molar-refractivity contribution < 1.29 is 96.2 Å². The third-order valence-corrected chi connectivity index (χ3v) is 8.20. The van der Waals surface area contributed by atoms with Gasteiger partial charge in [-0.05, 0) is 59.7 Å². The molecular weight excluding hydrogens is 710 g/mol. The largest absolute Gasteiger partial charge is 1.00 e. The van der Waals surface area contributed by atoms with Gasteiger partial charge in [0.05, 0.1) is 56.9 Å². The van der Waals surface area contributed by atoms with E-state index in [0.29, 0.717) is 45.6 Å². The van der Waals surface area contributed by atoms with Gasteiger partial charge in [0, 0.05) is 11.1 Å². The summed E-state index contributed by atoms with van der Waals surface area (Å²) in [5.74, 6) is -0.0706. The van der Waals surface area contributed by atoms with Gasteiger partial charge in [0.2, 0.25) is 23.0 Å². The summed E-state index contributed by atoms with van der Waals surface area (Å²) >= 11 is 0. The first-order valence-corrected chi connectivity index (χ1v) is 16.4. The average molecular weight is 749 g/mol. The van der Waals surface area contributed by atoms with Crippen LogP contribution in [0.15, 0.2) is 48.5 Å². The molecular formula is C36H38NaO14P. The van der Waals surface area contributed by atoms with Crippen LogP contribution in [-0.4, -0.2) is 67.1 Å². The molecule has 272 valence electrons. The van der Waals surface area contributed by atoms with Crippen LogP contribution in [0.25, 0.3) is 24.3 Å². The van der Waals surface area contributed by atoms with Crippen LogP contribution < -0.4 is 81.4 Å². The molecule has 0 aliphatic heterocycles. The Kier molecular flexibility index (Phi) is 14.9. The predicted molar refractivity (Wildman–Crippen MR) is 188 cm³/mol. The number of hydrogen-bond donors (Lipinski definition) is 2. The zero-order valence-corrected chi connectivity index (χ0v) is 33.1. The first-order chi connectivity index (χ1) is 24.5. The van der Waals surface area contributed by atoms with Gasteiger partial charge in [0.15, 0.2) is 46.0 Å². The molecule has 0 amide bonds. The molecule has 2 N–H and O–H groups in total. The molecule has 0 aromatic heterocycles. The molecule has 4 aromatic carbocycles. The molecule has 16 heteroatoms. The van der Waals surface area contributed by atoms with E-state index >= 15 is 0 Å². The SMILES string of the molecule is COc1cc(/C=C\c2ccc(OC)c(OP(=O)([O-])Oc3c(OC)ccc(/C=C\c4cc(OC)c(OC)c(OC)c4)c3O)c2O)cc(OC)c1OC.[Na+]. The van der Waals surface area contributed by atoms with E-state index in [9.17, 15) is 19.7 Å². The number of aromatic hydroxyl groups is 2. The molecule has 0 saturated carbocycles. The van der Waals surface area contributed by atoms with Crippen LogP contribution in [0.4, 0.5) is 0 Å². The Balaban J connectivity index is 0.00000729. The first kappa shape index (κ1) is 41.6. The van der Waals surface area contributed by atoms with E-state index in [1.54, 1.807) is 36.4 Å². The van der Waals surface area contributed by atoms with Crippen molar-refractivity contribution in [3.63, 3.8) is 0 Å². The maximum Gasteiger partial charge on any atom is 1.00 e. The van der Waals surface area contributed by atoms with Gasteiger partial charge in [-0.15, -0.1) is 0 Å². The fourth-order valence-electron chi connectivity index (χ4n) is 4.91. The van der Waals surface area contributed by atoms with Crippen molar-refractivity contribution in [2.75, 3.05) is 56.9 Å². The van der Waals surface area contributed by atoms with Crippen molar-refractivity contribution >= 4 is 32.1 Å². The summed E-state index contributed by atoms with van der Waals surface area (Å²) in [6.45, 7) is 0. The number of hydrogen-bond acceptors (Lipinski definition) is 14. The van der Waals surface area contributed by atoms with E-state index < -0.39 is 30.8 Å². The molecule has 4 rings (SSSR count). The smallest absolute Gasteiger partial charge is 0.736 e. The van der Waals surface area contributed by atoms with Crippen molar-refractivity contribution in [3.8, 4) is 69.0 Å². The fourth-order valence-corrected chi connectivity index (χ4v) is 5.75. The Morgan fingerprint density at radius 2 is 0.788 bits per heavy atom. The Hall–Kier alpha value is -4.85. The second kappa shape index (κ2) is 18.6. The Morgan fingerprint density at radius 3 is 1.06 bits per heavy atom. The summed E-state index contributed by atoms with van der Waals surface area (Å²) < 4.78 is 66.6. The van der Waals surface area contributed by atoms with Gasteiger partial charge in [0.1, 0.15) is 0 Å². The Bertz CT molecular complexity index is 1790. The fraction of sp³-hybridized carbons (Fsp3) is 0.222. The monoisotopic (exact) mass is 748 g/mol. The van der Waals surface area contributed by atoms with E-state index in [0.717, 1.165) is 0 Å². The molecule has 52 heavy (non-hydrogen) atoms. The van der Waals surface area contributed by atoms with Crippen LogP contribution >= 0.6 is 7.82 Å². The van der Waals surface area contributed by atoms with Crippen molar-refractivity contribution in [2.24, 2.45) is 0 Å². The van der Waals surface area contributed by atoms with Crippen LogP contribution in [0.2, 0.25) is 0 Å². The molecule has 0 saturated heterocycles. The van der Waals surface area contributed by atoms with Gasteiger partial charge < -0.3 is 62.0 Å². The molecule has 0 unspecified atom stereocenters. The molecule has 0 aliphatic carbocycles. The molecule has 14 nitrogen and oxygen atoms in total. The molecule has 4 aromatic rings. The molecule has 0 aliphatic rings. The van der Waals surface area contributed by atoms with Gasteiger partial charge in [0.25, 0.3) is 0 Å². The average Bonchev–Trinajstić information content (AvgIpc) is 3.14. The molecule has 0 radical (unpaired) electrons. The Labute approximate surface area is 323 Å². The molecule has 0 heterocycles. The number of rotatable bonds is 16. The topological polar surface area (TPSA) is 173 Å². The van der Waals surface area contributed by atoms with Crippen molar-refractivity contribution in [2.45, 2.75) is 0 Å². The van der Waals surface area contributed by atoms with E-state index in [4.69, 9.17) is 46.9 Å². The molecule has 0 atom stereocenters. The van der Waals surface area contributed by atoms with E-state index in [1.165, 1.54) is 93.3 Å². The van der Waals surface area contributed by atoms with Crippen LogP contribution in [0.5, 0.6) is 69.0 Å². The summed E-state index contributed by atoms with van der Waals surface area (Å²) in [6, 6.07) is 12.5. The van der Waals surface area contributed by atoms with Crippen LogP contribution in [0, 0.1) is 0 Å². The molecule has 0 fully saturated rings. The molecule has 0 bridgehead atoms. The van der Waals surface area contributed by atoms with Crippen LogP contribution in [0.1, 0.15) is 22.3 Å². The predicted octanol–water partition coefficient (Wildman–Crippen LogP) is 3.44. The first-order valence-electron chi connectivity index (χ1n) is 14.9. The van der Waals surface area contributed by atoms with Gasteiger partial charge in [-0.2, -0.15) is 0 Å². The number of phosphoric acid groups is 1. The summed E-state index contributed by atoms with van der Waals surface area (Å²) in [7, 11) is 6.02. The maximum atomic E-state index is 13.3. The van der Waals surface area contributed by atoms with Crippen LogP contribution in [-0.2, 0) is 4.57 Å². The molecule has 0 spiro atoms. The summed E-state index contributed by atoms with van der Waals surface area (Å²) in [5.41, 5.74) is 1.56. The second-order valence-electron chi connectivity index (χ2n) is 10.3. The second-order valence-corrected chi connectivity index (χ2v) is 11.5. The van der Waals surface area contributed by atoms with Crippen LogP contribution in [0.3, 0.4) is 0 Å². The quantitative estimate of drug-likeness (QED) is 0.0970. The number of phenolic OH excluding ortho intramolecular Hbond substituents is 2. The Morgan fingerprint density at radius 1 is 0.481 bits per heavy atom. The van der Waals surface area contributed by atoms with E-state index in [1.807, 2.05) is 0 Å². The minimum atomic E-state index is -5.40. The normalized spacial score (nSPS) is 11.1. The van der Waals surface area contributed by atoms with Gasteiger partial charge in [-0.25, -0.2) is 4.57 Å². The summed E-state index contributed by atoms with van der Waals surface area (Å²) in [6.07, 6.45) is 6.28.